The molecule has 0 fully saturated rings. The van der Waals surface area contributed by atoms with Gasteiger partial charge in [-0.05, 0) is 76.1 Å². The lowest BCUT2D eigenvalue weighted by atomic mass is 10.0. The zero-order chi connectivity index (χ0) is 34.2. The fourth-order valence-electron chi connectivity index (χ4n) is 7.82. The smallest absolute Gasteiger partial charge is 0.164 e. The normalized spacial score (nSPS) is 11.8. The van der Waals surface area contributed by atoms with E-state index >= 15 is 0 Å². The predicted molar refractivity (Wildman–Crippen MR) is 218 cm³/mol. The fourth-order valence-corrected chi connectivity index (χ4v) is 8.95. The number of para-hydroxylation sites is 1. The van der Waals surface area contributed by atoms with Crippen LogP contribution in [0.25, 0.3) is 103 Å². The van der Waals surface area contributed by atoms with E-state index in [4.69, 9.17) is 15.0 Å². The van der Waals surface area contributed by atoms with Crippen molar-refractivity contribution >= 4 is 74.9 Å². The number of hydrogen-bond acceptors (Lipinski definition) is 4. The molecule has 0 bridgehead atoms. The Morgan fingerprint density at radius 2 is 0.981 bits per heavy atom. The molecule has 4 nitrogen and oxygen atoms in total. The van der Waals surface area contributed by atoms with Gasteiger partial charge in [0, 0.05) is 53.3 Å². The Morgan fingerprint density at radius 1 is 0.385 bits per heavy atom. The largest absolute Gasteiger partial charge is 0.309 e. The lowest BCUT2D eigenvalue weighted by molar-refractivity contribution is 1.08. The number of nitrogens with zero attached hydrogens (tertiary/aromatic N) is 4. The second kappa shape index (κ2) is 11.4. The molecule has 3 heterocycles. The minimum Gasteiger partial charge on any atom is -0.309 e. The minimum atomic E-state index is 0.643. The highest BCUT2D eigenvalue weighted by molar-refractivity contribution is 7.25. The molecule has 11 aromatic rings. The lowest BCUT2D eigenvalue weighted by Crippen LogP contribution is -2.01. The summed E-state index contributed by atoms with van der Waals surface area (Å²) in [5.74, 6) is 1.97. The van der Waals surface area contributed by atoms with Gasteiger partial charge in [0.1, 0.15) is 0 Å². The Kier molecular flexibility index (Phi) is 6.39. The third-order valence-corrected chi connectivity index (χ3v) is 11.4. The van der Waals surface area contributed by atoms with Crippen LogP contribution >= 0.6 is 11.3 Å². The highest BCUT2D eigenvalue weighted by Crippen LogP contribution is 2.40. The molecule has 0 spiro atoms. The highest BCUT2D eigenvalue weighted by atomic mass is 32.1. The van der Waals surface area contributed by atoms with E-state index in [0.717, 1.165) is 33.2 Å². The van der Waals surface area contributed by atoms with Crippen molar-refractivity contribution < 1.29 is 0 Å². The molecule has 0 aliphatic heterocycles. The Bertz CT molecular complexity index is 3190. The van der Waals surface area contributed by atoms with Crippen LogP contribution in [-0.4, -0.2) is 19.5 Å². The zero-order valence-corrected chi connectivity index (χ0v) is 28.7. The molecule has 0 atom stereocenters. The van der Waals surface area contributed by atoms with Gasteiger partial charge in [-0.15, -0.1) is 11.3 Å². The van der Waals surface area contributed by atoms with Crippen LogP contribution in [0.3, 0.4) is 0 Å². The zero-order valence-electron chi connectivity index (χ0n) is 27.9. The van der Waals surface area contributed by atoms with Crippen molar-refractivity contribution in [2.75, 3.05) is 0 Å². The Balaban J connectivity index is 1.12. The molecule has 5 heteroatoms. The van der Waals surface area contributed by atoms with E-state index in [1.807, 2.05) is 0 Å². The minimum absolute atomic E-state index is 0.643. The van der Waals surface area contributed by atoms with E-state index in [1.165, 1.54) is 52.8 Å². The van der Waals surface area contributed by atoms with Crippen molar-refractivity contribution in [2.24, 2.45) is 0 Å². The highest BCUT2D eigenvalue weighted by Gasteiger charge is 2.19. The maximum atomic E-state index is 5.22. The van der Waals surface area contributed by atoms with Gasteiger partial charge in [0.2, 0.25) is 0 Å². The van der Waals surface area contributed by atoms with Crippen molar-refractivity contribution in [3.05, 3.63) is 170 Å². The molecule has 0 unspecified atom stereocenters. The maximum absolute atomic E-state index is 5.22. The Hall–Kier alpha value is -6.69. The number of fused-ring (bicyclic) bond motifs is 8. The number of benzene rings is 8. The molecule has 0 saturated carbocycles. The third kappa shape index (κ3) is 4.50. The van der Waals surface area contributed by atoms with Crippen molar-refractivity contribution in [3.8, 4) is 39.9 Å². The van der Waals surface area contributed by atoms with Crippen LogP contribution in [0.4, 0.5) is 0 Å². The first kappa shape index (κ1) is 29.1. The summed E-state index contributed by atoms with van der Waals surface area (Å²) < 4.78 is 4.83. The van der Waals surface area contributed by atoms with E-state index in [2.05, 4.69) is 174 Å². The van der Waals surface area contributed by atoms with Crippen LogP contribution in [0.5, 0.6) is 0 Å². The first-order chi connectivity index (χ1) is 25.8. The van der Waals surface area contributed by atoms with Crippen LogP contribution in [-0.2, 0) is 0 Å². The number of hydrogen-bond donors (Lipinski definition) is 0. The van der Waals surface area contributed by atoms with E-state index in [0.29, 0.717) is 17.5 Å². The van der Waals surface area contributed by atoms with Gasteiger partial charge in [0.05, 0.1) is 11.0 Å². The van der Waals surface area contributed by atoms with Gasteiger partial charge in [-0.3, -0.25) is 0 Å². The average Bonchev–Trinajstić information content (AvgIpc) is 3.75. The summed E-state index contributed by atoms with van der Waals surface area (Å²) in [6.45, 7) is 0. The number of rotatable bonds is 4. The second-order valence-corrected chi connectivity index (χ2v) is 14.3. The number of aromatic nitrogens is 4. The van der Waals surface area contributed by atoms with Gasteiger partial charge in [-0.2, -0.15) is 0 Å². The quantitative estimate of drug-likeness (QED) is 0.186. The summed E-state index contributed by atoms with van der Waals surface area (Å²) in [6.07, 6.45) is 0. The van der Waals surface area contributed by atoms with Gasteiger partial charge in [-0.25, -0.2) is 15.0 Å². The third-order valence-electron chi connectivity index (χ3n) is 10.2. The molecule has 0 radical (unpaired) electrons. The standard InChI is InChI=1S/C47H28N4S/c1-2-13-32-28-41-39(27-31(32)12-1)35-16-5-7-20-40(35)51(41)33-25-23-30(24-26-33)45-48-46(36-18-9-14-29-11-3-4-15-34(29)36)50-47(49-45)38-19-10-22-43-44(38)37-17-6-8-21-42(37)52-43/h1-28H. The van der Waals surface area contributed by atoms with Gasteiger partial charge >= 0.3 is 0 Å². The van der Waals surface area contributed by atoms with Gasteiger partial charge < -0.3 is 4.57 Å². The molecule has 8 aromatic carbocycles. The molecule has 0 amide bonds. The van der Waals surface area contributed by atoms with E-state index in [9.17, 15) is 0 Å². The average molecular weight is 681 g/mol. The van der Waals surface area contributed by atoms with Crippen LogP contribution in [0.2, 0.25) is 0 Å². The molecule has 0 aliphatic rings. The topological polar surface area (TPSA) is 43.6 Å². The van der Waals surface area contributed by atoms with Crippen LogP contribution < -0.4 is 0 Å². The van der Waals surface area contributed by atoms with Crippen molar-refractivity contribution in [2.45, 2.75) is 0 Å². The van der Waals surface area contributed by atoms with E-state index in [1.54, 1.807) is 11.3 Å². The summed E-state index contributed by atoms with van der Waals surface area (Å²) in [4.78, 5) is 15.6. The van der Waals surface area contributed by atoms with Gasteiger partial charge in [0.25, 0.3) is 0 Å². The first-order valence-corrected chi connectivity index (χ1v) is 18.3. The summed E-state index contributed by atoms with van der Waals surface area (Å²) in [7, 11) is 0. The van der Waals surface area contributed by atoms with Crippen molar-refractivity contribution in [3.63, 3.8) is 0 Å². The Labute approximate surface area is 302 Å². The van der Waals surface area contributed by atoms with Crippen molar-refractivity contribution in [1.82, 2.24) is 19.5 Å². The summed E-state index contributed by atoms with van der Waals surface area (Å²) in [5, 5.41) is 9.61. The summed E-state index contributed by atoms with van der Waals surface area (Å²) >= 11 is 1.80. The maximum Gasteiger partial charge on any atom is 0.164 e. The van der Waals surface area contributed by atoms with E-state index < -0.39 is 0 Å². The molecular formula is C47H28N4S. The second-order valence-electron chi connectivity index (χ2n) is 13.2. The molecule has 3 aromatic heterocycles. The van der Waals surface area contributed by atoms with Crippen molar-refractivity contribution in [1.29, 1.82) is 0 Å². The monoisotopic (exact) mass is 680 g/mol. The van der Waals surface area contributed by atoms with Crippen LogP contribution in [0, 0.1) is 0 Å². The van der Waals surface area contributed by atoms with Gasteiger partial charge in [-0.1, -0.05) is 115 Å². The summed E-state index contributed by atoms with van der Waals surface area (Å²) in [6, 6.07) is 60.3. The molecule has 52 heavy (non-hydrogen) atoms. The van der Waals surface area contributed by atoms with E-state index in [-0.39, 0.29) is 0 Å². The molecule has 11 rings (SSSR count). The van der Waals surface area contributed by atoms with Gasteiger partial charge in [0.15, 0.2) is 17.5 Å². The van der Waals surface area contributed by atoms with Crippen LogP contribution in [0.1, 0.15) is 0 Å². The molecular weight excluding hydrogens is 653 g/mol. The number of thiophene rings is 1. The molecule has 0 saturated heterocycles. The first-order valence-electron chi connectivity index (χ1n) is 17.4. The van der Waals surface area contributed by atoms with Crippen LogP contribution in [0.15, 0.2) is 170 Å². The Morgan fingerprint density at radius 3 is 1.83 bits per heavy atom. The SMILES string of the molecule is c1ccc2cc3c(cc2c1)c1ccccc1n3-c1ccc(-c2nc(-c3cccc4ccccc34)nc(-c3cccc4sc5ccccc5c34)n2)cc1. The molecule has 0 aliphatic carbocycles. The predicted octanol–water partition coefficient (Wildman–Crippen LogP) is 12.6. The lowest BCUT2D eigenvalue weighted by Gasteiger charge is -2.12. The summed E-state index contributed by atoms with van der Waals surface area (Å²) in [5.41, 5.74) is 6.38. The molecule has 0 N–H and O–H groups in total. The molecule has 242 valence electrons. The fraction of sp³-hybridized carbons (Fsp3) is 0.